The molecule has 2 rings (SSSR count). The fraction of sp³-hybridized carbons (Fsp3) is 0.727. The Morgan fingerprint density at radius 3 is 2.94 bits per heavy atom. The van der Waals surface area contributed by atoms with Gasteiger partial charge in [-0.1, -0.05) is 6.92 Å². The first-order valence-corrected chi connectivity index (χ1v) is 5.82. The van der Waals surface area contributed by atoms with Gasteiger partial charge < -0.3 is 10.3 Å². The number of halogens is 1. The van der Waals surface area contributed by atoms with Gasteiger partial charge in [-0.05, 0) is 19.4 Å². The van der Waals surface area contributed by atoms with Gasteiger partial charge in [-0.15, -0.1) is 12.4 Å². The van der Waals surface area contributed by atoms with Gasteiger partial charge in [0.15, 0.2) is 0 Å². The van der Waals surface area contributed by atoms with Crippen LogP contribution in [0.4, 0.5) is 0 Å². The van der Waals surface area contributed by atoms with Crippen LogP contribution in [0.15, 0.2) is 12.5 Å². The van der Waals surface area contributed by atoms with Crippen molar-refractivity contribution in [2.24, 2.45) is 0 Å². The Morgan fingerprint density at radius 2 is 2.38 bits per heavy atom. The first-order valence-electron chi connectivity index (χ1n) is 5.82. The molecule has 1 aliphatic carbocycles. The summed E-state index contributed by atoms with van der Waals surface area (Å²) < 4.78 is 0. The van der Waals surface area contributed by atoms with Gasteiger partial charge in [-0.2, -0.15) is 0 Å². The molecular weight excluding hydrogens is 224 g/mol. The first kappa shape index (κ1) is 13.5. The summed E-state index contributed by atoms with van der Waals surface area (Å²) in [6.07, 6.45) is 6.38. The molecule has 0 saturated heterocycles. The summed E-state index contributed by atoms with van der Waals surface area (Å²) in [4.78, 5) is 9.63. The van der Waals surface area contributed by atoms with Crippen molar-refractivity contribution in [2.45, 2.75) is 32.4 Å². The van der Waals surface area contributed by atoms with Crippen LogP contribution in [-0.2, 0) is 6.54 Å². The Morgan fingerprint density at radius 1 is 1.56 bits per heavy atom. The van der Waals surface area contributed by atoms with Gasteiger partial charge in [0, 0.05) is 37.6 Å². The maximum absolute atomic E-state index is 3.98. The SMILES string of the molecule is CCN(CCNCc1cnc[nH]1)C1CC1.Cl. The molecule has 0 amide bonds. The van der Waals surface area contributed by atoms with Crippen LogP contribution >= 0.6 is 12.4 Å². The number of hydrogen-bond donors (Lipinski definition) is 2. The molecule has 5 heteroatoms. The first-order chi connectivity index (χ1) is 7.40. The molecule has 0 bridgehead atoms. The van der Waals surface area contributed by atoms with Crippen molar-refractivity contribution in [3.8, 4) is 0 Å². The summed E-state index contributed by atoms with van der Waals surface area (Å²) in [5.74, 6) is 0. The van der Waals surface area contributed by atoms with E-state index in [4.69, 9.17) is 0 Å². The third kappa shape index (κ3) is 4.12. The van der Waals surface area contributed by atoms with Gasteiger partial charge >= 0.3 is 0 Å². The van der Waals surface area contributed by atoms with Crippen molar-refractivity contribution in [2.75, 3.05) is 19.6 Å². The number of aromatic nitrogens is 2. The summed E-state index contributed by atoms with van der Waals surface area (Å²) >= 11 is 0. The minimum atomic E-state index is 0. The summed E-state index contributed by atoms with van der Waals surface area (Å²) in [6.45, 7) is 6.53. The number of nitrogens with zero attached hydrogens (tertiary/aromatic N) is 2. The average molecular weight is 245 g/mol. The zero-order valence-corrected chi connectivity index (χ0v) is 10.6. The van der Waals surface area contributed by atoms with E-state index in [0.717, 1.165) is 31.4 Å². The Balaban J connectivity index is 0.00000128. The molecule has 0 aromatic carbocycles. The van der Waals surface area contributed by atoms with Crippen molar-refractivity contribution in [3.05, 3.63) is 18.2 Å². The standard InChI is InChI=1S/C11H20N4.ClH/c1-2-15(11-3-4-11)6-5-12-7-10-8-13-9-14-10;/h8-9,11-12H,2-7H2,1H3,(H,13,14);1H. The van der Waals surface area contributed by atoms with Crippen molar-refractivity contribution in [1.29, 1.82) is 0 Å². The zero-order valence-electron chi connectivity index (χ0n) is 9.78. The zero-order chi connectivity index (χ0) is 10.5. The maximum atomic E-state index is 3.98. The molecule has 0 aliphatic heterocycles. The third-order valence-electron chi connectivity index (χ3n) is 2.92. The minimum absolute atomic E-state index is 0. The van der Waals surface area contributed by atoms with Crippen LogP contribution in [0.25, 0.3) is 0 Å². The fourth-order valence-corrected chi connectivity index (χ4v) is 1.87. The van der Waals surface area contributed by atoms with Crippen LogP contribution in [0, 0.1) is 0 Å². The largest absolute Gasteiger partial charge is 0.347 e. The van der Waals surface area contributed by atoms with Crippen LogP contribution in [0.3, 0.4) is 0 Å². The summed E-state index contributed by atoms with van der Waals surface area (Å²) in [5.41, 5.74) is 1.16. The van der Waals surface area contributed by atoms with Gasteiger partial charge in [0.25, 0.3) is 0 Å². The molecule has 0 spiro atoms. The Labute approximate surface area is 103 Å². The normalized spacial score (nSPS) is 15.1. The second-order valence-corrected chi connectivity index (χ2v) is 4.11. The summed E-state index contributed by atoms with van der Waals surface area (Å²) in [5, 5.41) is 3.42. The lowest BCUT2D eigenvalue weighted by Crippen LogP contribution is -2.33. The highest BCUT2D eigenvalue weighted by Crippen LogP contribution is 2.25. The minimum Gasteiger partial charge on any atom is -0.347 e. The molecule has 0 atom stereocenters. The van der Waals surface area contributed by atoms with E-state index in [-0.39, 0.29) is 12.4 Å². The van der Waals surface area contributed by atoms with Gasteiger partial charge in [0.2, 0.25) is 0 Å². The lowest BCUT2D eigenvalue weighted by atomic mass is 10.4. The Hall–Kier alpha value is -0.580. The smallest absolute Gasteiger partial charge is 0.0922 e. The maximum Gasteiger partial charge on any atom is 0.0922 e. The molecule has 1 aliphatic rings. The molecule has 1 heterocycles. The number of rotatable bonds is 7. The predicted molar refractivity (Wildman–Crippen MR) is 67.8 cm³/mol. The molecule has 4 nitrogen and oxygen atoms in total. The van der Waals surface area contributed by atoms with Gasteiger partial charge in [0.1, 0.15) is 0 Å². The second kappa shape index (κ2) is 6.89. The van der Waals surface area contributed by atoms with Crippen molar-refractivity contribution < 1.29 is 0 Å². The highest BCUT2D eigenvalue weighted by Gasteiger charge is 2.26. The molecule has 16 heavy (non-hydrogen) atoms. The summed E-state index contributed by atoms with van der Waals surface area (Å²) in [6, 6.07) is 0.879. The van der Waals surface area contributed by atoms with E-state index in [2.05, 4.69) is 27.1 Å². The number of likely N-dealkylation sites (N-methyl/N-ethyl adjacent to an activating group) is 1. The van der Waals surface area contributed by atoms with Crippen molar-refractivity contribution in [1.82, 2.24) is 20.2 Å². The molecule has 92 valence electrons. The highest BCUT2D eigenvalue weighted by molar-refractivity contribution is 5.85. The van der Waals surface area contributed by atoms with Crippen molar-refractivity contribution in [3.63, 3.8) is 0 Å². The van der Waals surface area contributed by atoms with E-state index < -0.39 is 0 Å². The lowest BCUT2D eigenvalue weighted by Gasteiger charge is -2.19. The Bertz CT molecular complexity index is 272. The van der Waals surface area contributed by atoms with E-state index >= 15 is 0 Å². The quantitative estimate of drug-likeness (QED) is 0.713. The lowest BCUT2D eigenvalue weighted by molar-refractivity contribution is 0.277. The number of nitrogens with one attached hydrogen (secondary N) is 2. The topological polar surface area (TPSA) is 44.0 Å². The fourth-order valence-electron chi connectivity index (χ4n) is 1.87. The molecule has 1 fully saturated rings. The van der Waals surface area contributed by atoms with Crippen LogP contribution in [0.2, 0.25) is 0 Å². The number of imidazole rings is 1. The molecule has 1 aromatic heterocycles. The van der Waals surface area contributed by atoms with E-state index in [1.807, 2.05) is 6.20 Å². The Kier molecular flexibility index (Phi) is 5.80. The van der Waals surface area contributed by atoms with E-state index in [1.165, 1.54) is 19.4 Å². The molecule has 1 saturated carbocycles. The van der Waals surface area contributed by atoms with Crippen molar-refractivity contribution >= 4 is 12.4 Å². The number of aromatic amines is 1. The number of hydrogen-bond acceptors (Lipinski definition) is 3. The molecular formula is C11H21ClN4. The van der Waals surface area contributed by atoms with E-state index in [1.54, 1.807) is 6.33 Å². The van der Waals surface area contributed by atoms with Gasteiger partial charge in [0.05, 0.1) is 6.33 Å². The van der Waals surface area contributed by atoms with Crippen LogP contribution in [0.1, 0.15) is 25.5 Å². The third-order valence-corrected chi connectivity index (χ3v) is 2.92. The summed E-state index contributed by atoms with van der Waals surface area (Å²) in [7, 11) is 0. The molecule has 2 N–H and O–H groups in total. The molecule has 0 unspecified atom stereocenters. The molecule has 1 aromatic rings. The second-order valence-electron chi connectivity index (χ2n) is 4.11. The van der Waals surface area contributed by atoms with Crippen LogP contribution < -0.4 is 5.32 Å². The number of H-pyrrole nitrogens is 1. The highest BCUT2D eigenvalue weighted by atomic mass is 35.5. The van der Waals surface area contributed by atoms with Gasteiger partial charge in [-0.25, -0.2) is 4.98 Å². The van der Waals surface area contributed by atoms with E-state index in [9.17, 15) is 0 Å². The van der Waals surface area contributed by atoms with E-state index in [0.29, 0.717) is 0 Å². The molecule has 0 radical (unpaired) electrons. The monoisotopic (exact) mass is 244 g/mol. The predicted octanol–water partition coefficient (Wildman–Crippen LogP) is 1.41. The van der Waals surface area contributed by atoms with Crippen LogP contribution in [-0.4, -0.2) is 40.5 Å². The average Bonchev–Trinajstić information content (AvgIpc) is 2.95. The van der Waals surface area contributed by atoms with Gasteiger partial charge in [-0.3, -0.25) is 4.90 Å². The van der Waals surface area contributed by atoms with Crippen LogP contribution in [0.5, 0.6) is 0 Å².